The molecule has 3 aliphatic rings. The number of rotatable bonds is 10. The van der Waals surface area contributed by atoms with Gasteiger partial charge in [0.1, 0.15) is 12.1 Å². The van der Waals surface area contributed by atoms with Crippen molar-refractivity contribution in [1.29, 1.82) is 5.26 Å². The topological polar surface area (TPSA) is 130 Å². The van der Waals surface area contributed by atoms with Crippen LogP contribution in [0.25, 0.3) is 0 Å². The van der Waals surface area contributed by atoms with Crippen molar-refractivity contribution in [3.05, 3.63) is 0 Å². The molecular weight excluding hydrogens is 448 g/mol. The molecule has 2 saturated heterocycles. The van der Waals surface area contributed by atoms with E-state index in [1.165, 1.54) is 0 Å². The molecule has 1 aliphatic carbocycles. The molecule has 3 N–H and O–H groups in total. The zero-order valence-corrected chi connectivity index (χ0v) is 21.5. The Morgan fingerprint density at radius 1 is 1.26 bits per heavy atom. The van der Waals surface area contributed by atoms with Crippen LogP contribution in [0.1, 0.15) is 72.1 Å². The third-order valence-electron chi connectivity index (χ3n) is 7.83. The van der Waals surface area contributed by atoms with Crippen LogP contribution in [0, 0.1) is 40.9 Å². The van der Waals surface area contributed by atoms with Crippen molar-refractivity contribution in [3.63, 3.8) is 0 Å². The lowest BCUT2D eigenvalue weighted by molar-refractivity contribution is -0.155. The molecule has 8 atom stereocenters. The molecule has 3 fully saturated rings. The number of piperidine rings is 1. The minimum Gasteiger partial charge on any atom is -0.356 e. The van der Waals surface area contributed by atoms with Gasteiger partial charge in [-0.3, -0.25) is 14.4 Å². The van der Waals surface area contributed by atoms with E-state index in [1.807, 2.05) is 13.8 Å². The number of hydrogen-bond acceptors (Lipinski definition) is 6. The number of carbonyl (C=O) groups excluding carboxylic acids is 3. The molecule has 9 nitrogen and oxygen atoms in total. The summed E-state index contributed by atoms with van der Waals surface area (Å²) in [5.74, 6) is 0.0568. The van der Waals surface area contributed by atoms with Gasteiger partial charge in [-0.2, -0.15) is 5.26 Å². The molecule has 0 radical (unpaired) electrons. The Hall–Kier alpha value is -2.18. The average Bonchev–Trinajstić information content (AvgIpc) is 3.17. The summed E-state index contributed by atoms with van der Waals surface area (Å²) < 4.78 is 11.6. The minimum atomic E-state index is -0.778. The molecule has 2 heterocycles. The van der Waals surface area contributed by atoms with Crippen LogP contribution in [0.4, 0.5) is 0 Å². The third kappa shape index (κ3) is 7.40. The van der Waals surface area contributed by atoms with Gasteiger partial charge in [0.25, 0.3) is 0 Å². The first-order valence-electron chi connectivity index (χ1n) is 13.2. The zero-order chi connectivity index (χ0) is 25.5. The second kappa shape index (κ2) is 12.7. The predicted molar refractivity (Wildman–Crippen MR) is 130 cm³/mol. The summed E-state index contributed by atoms with van der Waals surface area (Å²) in [7, 11) is 1.66. The summed E-state index contributed by atoms with van der Waals surface area (Å²) >= 11 is 0. The first kappa shape index (κ1) is 27.4. The lowest BCUT2D eigenvalue weighted by atomic mass is 9.84. The number of methoxy groups -OCH3 is 1. The van der Waals surface area contributed by atoms with E-state index >= 15 is 0 Å². The highest BCUT2D eigenvalue weighted by molar-refractivity contribution is 5.88. The lowest BCUT2D eigenvalue weighted by Crippen LogP contribution is -2.51. The molecule has 2 bridgehead atoms. The van der Waals surface area contributed by atoms with Crippen molar-refractivity contribution in [3.8, 4) is 6.07 Å². The third-order valence-corrected chi connectivity index (χ3v) is 7.83. The molecule has 3 rings (SSSR count). The Morgan fingerprint density at radius 2 is 2.03 bits per heavy atom. The van der Waals surface area contributed by atoms with Crippen LogP contribution < -0.4 is 16.0 Å². The number of nitriles is 1. The second-order valence-corrected chi connectivity index (χ2v) is 11.0. The SMILES string of the molecule is CO[C@H]1OC2CC1CCC(C)[C@@H]2CC(=O)N[C@@H](CC(C)C)C(=O)N[C@H](C#N)C[C@@H]1CCCNC1=O. The predicted octanol–water partition coefficient (Wildman–Crippen LogP) is 2.26. The van der Waals surface area contributed by atoms with E-state index in [4.69, 9.17) is 9.47 Å². The van der Waals surface area contributed by atoms with E-state index in [1.54, 1.807) is 7.11 Å². The van der Waals surface area contributed by atoms with Gasteiger partial charge < -0.3 is 25.4 Å². The quantitative estimate of drug-likeness (QED) is 0.431. The highest BCUT2D eigenvalue weighted by Gasteiger charge is 2.44. The van der Waals surface area contributed by atoms with Gasteiger partial charge in [0, 0.05) is 31.9 Å². The maximum atomic E-state index is 13.1. The Kier molecular flexibility index (Phi) is 9.93. The van der Waals surface area contributed by atoms with E-state index in [-0.39, 0.29) is 54.3 Å². The highest BCUT2D eigenvalue weighted by atomic mass is 16.7. The van der Waals surface area contributed by atoms with Gasteiger partial charge in [-0.05, 0) is 62.7 Å². The van der Waals surface area contributed by atoms with Crippen molar-refractivity contribution in [2.24, 2.45) is 29.6 Å². The van der Waals surface area contributed by atoms with E-state index in [0.29, 0.717) is 37.6 Å². The molecule has 9 heteroatoms. The molecule has 3 amide bonds. The van der Waals surface area contributed by atoms with Crippen LogP contribution in [0.3, 0.4) is 0 Å². The van der Waals surface area contributed by atoms with Gasteiger partial charge in [-0.15, -0.1) is 0 Å². The monoisotopic (exact) mass is 490 g/mol. The molecule has 35 heavy (non-hydrogen) atoms. The first-order valence-corrected chi connectivity index (χ1v) is 13.2. The summed E-state index contributed by atoms with van der Waals surface area (Å²) in [4.78, 5) is 38.3. The fraction of sp³-hybridized carbons (Fsp3) is 0.846. The van der Waals surface area contributed by atoms with Crippen LogP contribution in [0.2, 0.25) is 0 Å². The average molecular weight is 491 g/mol. The number of fused-ring (bicyclic) bond motifs is 2. The number of nitrogens with one attached hydrogen (secondary N) is 3. The van der Waals surface area contributed by atoms with Crippen LogP contribution in [-0.4, -0.2) is 55.9 Å². The van der Waals surface area contributed by atoms with E-state index in [2.05, 4.69) is 28.9 Å². The second-order valence-electron chi connectivity index (χ2n) is 11.0. The first-order chi connectivity index (χ1) is 16.7. The van der Waals surface area contributed by atoms with E-state index in [0.717, 1.165) is 25.7 Å². The van der Waals surface area contributed by atoms with Crippen molar-refractivity contribution in [2.75, 3.05) is 13.7 Å². The van der Waals surface area contributed by atoms with Crippen LogP contribution in [0.5, 0.6) is 0 Å². The molecule has 3 unspecified atom stereocenters. The number of nitrogens with zero attached hydrogens (tertiary/aromatic N) is 1. The molecular formula is C26H42N4O5. The molecule has 0 aromatic heterocycles. The summed E-state index contributed by atoms with van der Waals surface area (Å²) in [6, 6.07) is 0.604. The normalized spacial score (nSPS) is 32.2. The standard InChI is InChI=1S/C26H42N4O5/c1-15(2)10-21(25(33)29-19(14-27)11-17-6-5-9-28-24(17)32)30-23(31)13-20-16(3)7-8-18-12-22(20)35-26(18)34-4/h15-22,26H,5-13H2,1-4H3,(H,28,32)(H,29,33)(H,30,31)/t16?,17-,18?,19-,20-,21-,22?,26-/m0/s1. The number of hydrogen-bond donors (Lipinski definition) is 3. The largest absolute Gasteiger partial charge is 0.356 e. The van der Waals surface area contributed by atoms with Crippen molar-refractivity contribution >= 4 is 17.7 Å². The number of carbonyl (C=O) groups is 3. The summed E-state index contributed by atoms with van der Waals surface area (Å²) in [6.07, 6.45) is 5.34. The van der Waals surface area contributed by atoms with Gasteiger partial charge in [0.15, 0.2) is 6.29 Å². The number of ether oxygens (including phenoxy) is 2. The van der Waals surface area contributed by atoms with Gasteiger partial charge in [0.05, 0.1) is 12.2 Å². The molecule has 2 aliphatic heterocycles. The lowest BCUT2D eigenvalue weighted by Gasteiger charge is -2.30. The fourth-order valence-corrected chi connectivity index (χ4v) is 5.85. The zero-order valence-electron chi connectivity index (χ0n) is 21.5. The molecule has 0 aromatic rings. The summed E-state index contributed by atoms with van der Waals surface area (Å²) in [5, 5.41) is 18.1. The Morgan fingerprint density at radius 3 is 2.69 bits per heavy atom. The Labute approximate surface area is 209 Å². The number of amides is 3. The molecule has 0 aromatic carbocycles. The fourth-order valence-electron chi connectivity index (χ4n) is 5.85. The summed E-state index contributed by atoms with van der Waals surface area (Å²) in [6.45, 7) is 6.80. The van der Waals surface area contributed by atoms with Crippen LogP contribution >= 0.6 is 0 Å². The van der Waals surface area contributed by atoms with E-state index < -0.39 is 12.1 Å². The maximum absolute atomic E-state index is 13.1. The van der Waals surface area contributed by atoms with Crippen LogP contribution in [-0.2, 0) is 23.9 Å². The molecule has 0 spiro atoms. The van der Waals surface area contributed by atoms with Gasteiger partial charge in [-0.1, -0.05) is 20.8 Å². The van der Waals surface area contributed by atoms with Crippen molar-refractivity contribution in [2.45, 2.75) is 96.6 Å². The van der Waals surface area contributed by atoms with Gasteiger partial charge >= 0.3 is 0 Å². The van der Waals surface area contributed by atoms with Crippen molar-refractivity contribution in [1.82, 2.24) is 16.0 Å². The molecule has 1 saturated carbocycles. The van der Waals surface area contributed by atoms with Crippen molar-refractivity contribution < 1.29 is 23.9 Å². The molecule has 196 valence electrons. The minimum absolute atomic E-state index is 0.0183. The van der Waals surface area contributed by atoms with E-state index in [9.17, 15) is 19.6 Å². The maximum Gasteiger partial charge on any atom is 0.243 e. The van der Waals surface area contributed by atoms with Gasteiger partial charge in [-0.25, -0.2) is 0 Å². The summed E-state index contributed by atoms with van der Waals surface area (Å²) in [5.41, 5.74) is 0. The van der Waals surface area contributed by atoms with Gasteiger partial charge in [0.2, 0.25) is 17.7 Å². The smallest absolute Gasteiger partial charge is 0.243 e. The Balaban J connectivity index is 1.59. The van der Waals surface area contributed by atoms with Crippen LogP contribution in [0.15, 0.2) is 0 Å². The Bertz CT molecular complexity index is 795. The highest BCUT2D eigenvalue weighted by Crippen LogP contribution is 2.43.